The van der Waals surface area contributed by atoms with E-state index in [0.717, 1.165) is 38.5 Å². The normalized spacial score (nSPS) is 25.0. The Bertz CT molecular complexity index is 615. The Morgan fingerprint density at radius 2 is 2.08 bits per heavy atom. The maximum Gasteiger partial charge on any atom is 0.138 e. The highest BCUT2D eigenvalue weighted by Gasteiger charge is 2.34. The summed E-state index contributed by atoms with van der Waals surface area (Å²) in [5.41, 5.74) is 1.18. The van der Waals surface area contributed by atoms with E-state index in [2.05, 4.69) is 42.4 Å². The second-order valence-corrected chi connectivity index (χ2v) is 7.03. The van der Waals surface area contributed by atoms with E-state index in [0.29, 0.717) is 6.04 Å². The minimum Gasteiger partial charge on any atom is -0.299 e. The van der Waals surface area contributed by atoms with Gasteiger partial charge in [0, 0.05) is 51.5 Å². The number of hydrogen-bond acceptors (Lipinski definition) is 6. The first-order valence-electron chi connectivity index (χ1n) is 8.94. The number of hydrogen-bond donors (Lipinski definition) is 0. The molecule has 5 heterocycles. The molecule has 2 aromatic heterocycles. The molecule has 0 N–H and O–H groups in total. The Kier molecular flexibility index (Phi) is 4.80. The van der Waals surface area contributed by atoms with Gasteiger partial charge in [-0.2, -0.15) is 0 Å². The monoisotopic (exact) mass is 327 g/mol. The standard InChI is InChI=1S/C17H25N7/c1-2-7-18-16(4-1)12-22-10-15-5-6-17(13-22)23(11-15)8-3-9-24-14-19-20-21-24/h1-2,4,7,14-15,17H,3,5-6,8-13H2/t15-,17+/m1/s1. The highest BCUT2D eigenvalue weighted by molar-refractivity contribution is 5.04. The zero-order valence-corrected chi connectivity index (χ0v) is 14.0. The largest absolute Gasteiger partial charge is 0.299 e. The number of pyridine rings is 1. The third-order valence-corrected chi connectivity index (χ3v) is 5.24. The van der Waals surface area contributed by atoms with Crippen molar-refractivity contribution in [3.8, 4) is 0 Å². The van der Waals surface area contributed by atoms with Gasteiger partial charge in [-0.3, -0.25) is 14.8 Å². The van der Waals surface area contributed by atoms with Gasteiger partial charge < -0.3 is 0 Å². The topological polar surface area (TPSA) is 63.0 Å². The van der Waals surface area contributed by atoms with Crippen LogP contribution in [0.25, 0.3) is 0 Å². The van der Waals surface area contributed by atoms with E-state index < -0.39 is 0 Å². The lowest BCUT2D eigenvalue weighted by atomic mass is 9.95. The molecule has 2 aromatic rings. The zero-order chi connectivity index (χ0) is 16.2. The van der Waals surface area contributed by atoms with Crippen molar-refractivity contribution in [1.82, 2.24) is 35.0 Å². The summed E-state index contributed by atoms with van der Waals surface area (Å²) in [5.74, 6) is 0.792. The van der Waals surface area contributed by atoms with Gasteiger partial charge in [-0.25, -0.2) is 4.68 Å². The Morgan fingerprint density at radius 1 is 1.08 bits per heavy atom. The molecule has 128 valence electrons. The van der Waals surface area contributed by atoms with Gasteiger partial charge in [0.2, 0.25) is 0 Å². The molecule has 3 fully saturated rings. The first-order chi connectivity index (χ1) is 11.9. The predicted molar refractivity (Wildman–Crippen MR) is 90.0 cm³/mol. The summed E-state index contributed by atoms with van der Waals surface area (Å²) < 4.78 is 1.82. The average molecular weight is 327 g/mol. The lowest BCUT2D eigenvalue weighted by molar-refractivity contribution is 0.127. The summed E-state index contributed by atoms with van der Waals surface area (Å²) in [6.07, 6.45) is 7.39. The van der Waals surface area contributed by atoms with E-state index in [1.807, 2.05) is 16.9 Å². The molecule has 24 heavy (non-hydrogen) atoms. The third-order valence-electron chi connectivity index (χ3n) is 5.24. The molecule has 3 aliphatic rings. The minimum absolute atomic E-state index is 0.682. The van der Waals surface area contributed by atoms with Crippen molar-refractivity contribution in [3.05, 3.63) is 36.4 Å². The van der Waals surface area contributed by atoms with Crippen molar-refractivity contribution in [2.24, 2.45) is 5.92 Å². The van der Waals surface area contributed by atoms with E-state index in [4.69, 9.17) is 0 Å². The molecular weight excluding hydrogens is 302 g/mol. The number of nitrogens with zero attached hydrogens (tertiary/aromatic N) is 7. The number of tetrazole rings is 1. The Morgan fingerprint density at radius 3 is 2.92 bits per heavy atom. The number of rotatable bonds is 6. The number of piperidine rings is 1. The number of fused-ring (bicyclic) bond motifs is 4. The fraction of sp³-hybridized carbons (Fsp3) is 0.647. The predicted octanol–water partition coefficient (Wildman–Crippen LogP) is 1.05. The smallest absolute Gasteiger partial charge is 0.138 e. The second-order valence-electron chi connectivity index (χ2n) is 7.03. The summed E-state index contributed by atoms with van der Waals surface area (Å²) in [4.78, 5) is 9.79. The summed E-state index contributed by atoms with van der Waals surface area (Å²) in [5, 5.41) is 11.3. The van der Waals surface area contributed by atoms with Crippen LogP contribution in [-0.2, 0) is 13.1 Å². The van der Waals surface area contributed by atoms with Crippen molar-refractivity contribution >= 4 is 0 Å². The maximum atomic E-state index is 4.49. The minimum atomic E-state index is 0.682. The molecule has 7 heteroatoms. The summed E-state index contributed by atoms with van der Waals surface area (Å²) in [6.45, 7) is 6.62. The second kappa shape index (κ2) is 7.36. The van der Waals surface area contributed by atoms with Crippen LogP contribution >= 0.6 is 0 Å². The summed E-state index contributed by atoms with van der Waals surface area (Å²) >= 11 is 0. The molecule has 0 aliphatic carbocycles. The van der Waals surface area contributed by atoms with Crippen LogP contribution < -0.4 is 0 Å². The molecule has 0 amide bonds. The van der Waals surface area contributed by atoms with E-state index >= 15 is 0 Å². The van der Waals surface area contributed by atoms with Crippen LogP contribution in [0, 0.1) is 5.92 Å². The fourth-order valence-corrected chi connectivity index (χ4v) is 4.12. The molecular formula is C17H25N7. The third kappa shape index (κ3) is 3.79. The van der Waals surface area contributed by atoms with Crippen molar-refractivity contribution in [3.63, 3.8) is 0 Å². The lowest BCUT2D eigenvalue weighted by Crippen LogP contribution is -2.44. The van der Waals surface area contributed by atoms with Crippen LogP contribution in [0.15, 0.2) is 30.7 Å². The van der Waals surface area contributed by atoms with Gasteiger partial charge in [0.25, 0.3) is 0 Å². The zero-order valence-electron chi connectivity index (χ0n) is 14.0. The SMILES string of the molecule is c1ccc(CN2C[C@H]3CC[C@@H](C2)N(CCCn2cnnn2)C3)nc1. The summed E-state index contributed by atoms with van der Waals surface area (Å²) in [7, 11) is 0. The Labute approximate surface area is 142 Å². The van der Waals surface area contributed by atoms with E-state index in [9.17, 15) is 0 Å². The van der Waals surface area contributed by atoms with Crippen LogP contribution in [0.4, 0.5) is 0 Å². The molecule has 0 radical (unpaired) electrons. The van der Waals surface area contributed by atoms with E-state index in [1.54, 1.807) is 6.33 Å². The molecule has 7 nitrogen and oxygen atoms in total. The molecule has 3 aliphatic heterocycles. The van der Waals surface area contributed by atoms with Crippen LogP contribution in [0.2, 0.25) is 0 Å². The molecule has 0 saturated carbocycles. The molecule has 0 spiro atoms. The van der Waals surface area contributed by atoms with Crippen LogP contribution in [0.5, 0.6) is 0 Å². The highest BCUT2D eigenvalue weighted by Crippen LogP contribution is 2.28. The van der Waals surface area contributed by atoms with Crippen molar-refractivity contribution < 1.29 is 0 Å². The van der Waals surface area contributed by atoms with Crippen molar-refractivity contribution in [2.75, 3.05) is 26.2 Å². The quantitative estimate of drug-likeness (QED) is 0.790. The molecule has 2 atom stereocenters. The summed E-state index contributed by atoms with van der Waals surface area (Å²) in [6, 6.07) is 6.89. The van der Waals surface area contributed by atoms with Gasteiger partial charge >= 0.3 is 0 Å². The van der Waals surface area contributed by atoms with Gasteiger partial charge in [-0.15, -0.1) is 5.10 Å². The van der Waals surface area contributed by atoms with Crippen LogP contribution in [-0.4, -0.2) is 67.2 Å². The van der Waals surface area contributed by atoms with Gasteiger partial charge in [0.1, 0.15) is 6.33 Å². The first-order valence-corrected chi connectivity index (χ1v) is 8.94. The van der Waals surface area contributed by atoms with Gasteiger partial charge in [0.05, 0.1) is 5.69 Å². The Hall–Kier alpha value is -1.86. The number of aromatic nitrogens is 5. The molecule has 2 bridgehead atoms. The molecule has 0 unspecified atom stereocenters. The van der Waals surface area contributed by atoms with Crippen molar-refractivity contribution in [2.45, 2.75) is 38.4 Å². The van der Waals surface area contributed by atoms with Gasteiger partial charge in [0.15, 0.2) is 0 Å². The van der Waals surface area contributed by atoms with E-state index in [-0.39, 0.29) is 0 Å². The lowest BCUT2D eigenvalue weighted by Gasteiger charge is -2.36. The molecule has 5 rings (SSSR count). The molecule has 3 saturated heterocycles. The van der Waals surface area contributed by atoms with Gasteiger partial charge in [-0.1, -0.05) is 6.07 Å². The first kappa shape index (κ1) is 15.7. The number of aryl methyl sites for hydroxylation is 1. The van der Waals surface area contributed by atoms with Gasteiger partial charge in [-0.05, 0) is 47.7 Å². The van der Waals surface area contributed by atoms with Crippen molar-refractivity contribution in [1.29, 1.82) is 0 Å². The average Bonchev–Trinajstić information content (AvgIpc) is 2.97. The van der Waals surface area contributed by atoms with E-state index in [1.165, 1.54) is 31.6 Å². The van der Waals surface area contributed by atoms with Crippen LogP contribution in [0.1, 0.15) is 25.0 Å². The fourth-order valence-electron chi connectivity index (χ4n) is 4.12. The Balaban J connectivity index is 1.32. The molecule has 0 aromatic carbocycles. The highest BCUT2D eigenvalue weighted by atomic mass is 15.5. The maximum absolute atomic E-state index is 4.49. The van der Waals surface area contributed by atoms with Crippen LogP contribution in [0.3, 0.4) is 0 Å².